The maximum atomic E-state index is 14.3. The predicted molar refractivity (Wildman–Crippen MR) is 92.1 cm³/mol. The van der Waals surface area contributed by atoms with Crippen LogP contribution in [0.25, 0.3) is 11.1 Å². The van der Waals surface area contributed by atoms with E-state index in [1.807, 2.05) is 6.92 Å². The average Bonchev–Trinajstić information content (AvgIpc) is 2.63. The molecular formula is C21H13F7O. The van der Waals surface area contributed by atoms with Crippen LogP contribution in [0.15, 0.2) is 48.5 Å². The lowest BCUT2D eigenvalue weighted by molar-refractivity contribution is -0.175. The molecular weight excluding hydrogens is 401 g/mol. The summed E-state index contributed by atoms with van der Waals surface area (Å²) >= 11 is 0. The van der Waals surface area contributed by atoms with Crippen molar-refractivity contribution >= 4 is 0 Å². The monoisotopic (exact) mass is 414 g/mol. The Balaban J connectivity index is 1.86. The van der Waals surface area contributed by atoms with Crippen LogP contribution in [0.4, 0.5) is 30.7 Å². The van der Waals surface area contributed by atoms with Crippen LogP contribution in [0.2, 0.25) is 0 Å². The normalized spacial score (nSPS) is 11.6. The third kappa shape index (κ3) is 4.70. The second kappa shape index (κ2) is 7.77. The molecule has 8 heteroatoms. The molecule has 0 spiro atoms. The fraction of sp³-hybridized carbons (Fsp3) is 0.143. The van der Waals surface area contributed by atoms with Gasteiger partial charge in [0.05, 0.1) is 6.42 Å². The average molecular weight is 414 g/mol. The van der Waals surface area contributed by atoms with E-state index in [-0.39, 0.29) is 17.7 Å². The summed E-state index contributed by atoms with van der Waals surface area (Å²) in [6.45, 7) is 1.83. The second-order valence-corrected chi connectivity index (χ2v) is 6.40. The fourth-order valence-corrected chi connectivity index (χ4v) is 2.69. The standard InChI is InChI=1S/C21H13F7O/c1-11-2-4-12(5-3-11)13-6-16(22)15(17(23)7-13)10-21(27,28)29-14-8-18(24)20(26)19(25)9-14/h2-9H,10H2,1H3. The van der Waals surface area contributed by atoms with Crippen molar-refractivity contribution in [2.24, 2.45) is 0 Å². The van der Waals surface area contributed by atoms with Crippen molar-refractivity contribution in [3.63, 3.8) is 0 Å². The van der Waals surface area contributed by atoms with Crippen LogP contribution in [0.3, 0.4) is 0 Å². The number of alkyl halides is 2. The summed E-state index contributed by atoms with van der Waals surface area (Å²) in [5, 5.41) is 0. The zero-order chi connectivity index (χ0) is 21.3. The van der Waals surface area contributed by atoms with Crippen LogP contribution in [-0.4, -0.2) is 6.11 Å². The minimum Gasteiger partial charge on any atom is -0.432 e. The summed E-state index contributed by atoms with van der Waals surface area (Å²) in [6, 6.07) is 8.91. The maximum Gasteiger partial charge on any atom is 0.402 e. The summed E-state index contributed by atoms with van der Waals surface area (Å²) in [5.74, 6) is -8.83. The Morgan fingerprint density at radius 1 is 0.724 bits per heavy atom. The van der Waals surface area contributed by atoms with Crippen molar-refractivity contribution in [3.8, 4) is 16.9 Å². The molecule has 0 radical (unpaired) electrons. The number of aryl methyl sites for hydroxylation is 1. The number of halogens is 7. The Hall–Kier alpha value is -3.03. The lowest BCUT2D eigenvalue weighted by Crippen LogP contribution is -2.29. The summed E-state index contributed by atoms with van der Waals surface area (Å²) in [5.41, 5.74) is 0.599. The van der Waals surface area contributed by atoms with Gasteiger partial charge in [0.15, 0.2) is 17.5 Å². The van der Waals surface area contributed by atoms with E-state index >= 15 is 0 Å². The smallest absolute Gasteiger partial charge is 0.402 e. The van der Waals surface area contributed by atoms with E-state index in [2.05, 4.69) is 4.74 Å². The second-order valence-electron chi connectivity index (χ2n) is 6.40. The van der Waals surface area contributed by atoms with Crippen LogP contribution in [0.1, 0.15) is 11.1 Å². The van der Waals surface area contributed by atoms with Gasteiger partial charge in [0.25, 0.3) is 0 Å². The molecule has 0 atom stereocenters. The molecule has 0 aliphatic carbocycles. The summed E-state index contributed by atoms with van der Waals surface area (Å²) in [4.78, 5) is 0. The minimum absolute atomic E-state index is 0.149. The topological polar surface area (TPSA) is 9.23 Å². The van der Waals surface area contributed by atoms with E-state index in [0.29, 0.717) is 5.56 Å². The van der Waals surface area contributed by atoms with Crippen LogP contribution in [0.5, 0.6) is 5.75 Å². The molecule has 152 valence electrons. The molecule has 0 unspecified atom stereocenters. The van der Waals surface area contributed by atoms with Crippen molar-refractivity contribution in [1.29, 1.82) is 0 Å². The molecule has 3 aromatic rings. The van der Waals surface area contributed by atoms with Crippen LogP contribution in [-0.2, 0) is 6.42 Å². The van der Waals surface area contributed by atoms with Crippen LogP contribution >= 0.6 is 0 Å². The molecule has 0 aromatic heterocycles. The first kappa shape index (κ1) is 20.7. The van der Waals surface area contributed by atoms with E-state index < -0.39 is 52.9 Å². The number of hydrogen-bond acceptors (Lipinski definition) is 1. The molecule has 0 fully saturated rings. The quantitative estimate of drug-likeness (QED) is 0.339. The number of rotatable bonds is 5. The lowest BCUT2D eigenvalue weighted by Gasteiger charge is -2.19. The summed E-state index contributed by atoms with van der Waals surface area (Å²) in [7, 11) is 0. The zero-order valence-corrected chi connectivity index (χ0v) is 14.9. The van der Waals surface area contributed by atoms with Gasteiger partial charge in [-0.25, -0.2) is 22.0 Å². The Bertz CT molecular complexity index is 999. The summed E-state index contributed by atoms with van der Waals surface area (Å²) < 4.78 is 100. The van der Waals surface area contributed by atoms with Gasteiger partial charge in [0.1, 0.15) is 17.4 Å². The summed E-state index contributed by atoms with van der Waals surface area (Å²) in [6.07, 6.45) is -5.76. The van der Waals surface area contributed by atoms with E-state index in [4.69, 9.17) is 0 Å². The molecule has 29 heavy (non-hydrogen) atoms. The fourth-order valence-electron chi connectivity index (χ4n) is 2.69. The van der Waals surface area contributed by atoms with Crippen molar-refractivity contribution in [2.45, 2.75) is 19.5 Å². The first-order valence-electron chi connectivity index (χ1n) is 8.32. The molecule has 0 N–H and O–H groups in total. The molecule has 0 saturated carbocycles. The predicted octanol–water partition coefficient (Wildman–Crippen LogP) is 6.57. The molecule has 3 aromatic carbocycles. The Morgan fingerprint density at radius 3 is 1.76 bits per heavy atom. The van der Waals surface area contributed by atoms with Gasteiger partial charge in [-0.2, -0.15) is 8.78 Å². The van der Waals surface area contributed by atoms with Gasteiger partial charge in [-0.3, -0.25) is 0 Å². The van der Waals surface area contributed by atoms with E-state index in [0.717, 1.165) is 17.7 Å². The zero-order valence-electron chi connectivity index (χ0n) is 14.9. The Kier molecular flexibility index (Phi) is 5.55. The maximum absolute atomic E-state index is 14.3. The van der Waals surface area contributed by atoms with Gasteiger partial charge in [-0.15, -0.1) is 0 Å². The SMILES string of the molecule is Cc1ccc(-c2cc(F)c(CC(F)(F)Oc3cc(F)c(F)c(F)c3)c(F)c2)cc1. The first-order chi connectivity index (χ1) is 13.6. The molecule has 0 aliphatic rings. The van der Waals surface area contributed by atoms with Crippen molar-refractivity contribution in [1.82, 2.24) is 0 Å². The van der Waals surface area contributed by atoms with Gasteiger partial charge in [0, 0.05) is 17.7 Å². The van der Waals surface area contributed by atoms with Crippen LogP contribution in [0, 0.1) is 36.0 Å². The first-order valence-corrected chi connectivity index (χ1v) is 8.32. The molecule has 0 saturated heterocycles. The van der Waals surface area contributed by atoms with E-state index in [1.165, 1.54) is 0 Å². The highest BCUT2D eigenvalue weighted by Crippen LogP contribution is 2.31. The number of hydrogen-bond donors (Lipinski definition) is 0. The van der Waals surface area contributed by atoms with Crippen molar-refractivity contribution < 1.29 is 35.5 Å². The molecule has 0 aliphatic heterocycles. The third-order valence-electron chi connectivity index (χ3n) is 4.13. The largest absolute Gasteiger partial charge is 0.432 e. The lowest BCUT2D eigenvalue weighted by atomic mass is 10.0. The van der Waals surface area contributed by atoms with Gasteiger partial charge in [0.2, 0.25) is 0 Å². The molecule has 3 rings (SSSR count). The van der Waals surface area contributed by atoms with Gasteiger partial charge >= 0.3 is 6.11 Å². The Labute approximate surface area is 161 Å². The Morgan fingerprint density at radius 2 is 1.24 bits per heavy atom. The third-order valence-corrected chi connectivity index (χ3v) is 4.13. The number of benzene rings is 3. The molecule has 0 bridgehead atoms. The number of ether oxygens (including phenoxy) is 1. The highest BCUT2D eigenvalue weighted by atomic mass is 19.3. The molecule has 0 heterocycles. The van der Waals surface area contributed by atoms with Crippen molar-refractivity contribution in [3.05, 3.63) is 88.7 Å². The highest BCUT2D eigenvalue weighted by Gasteiger charge is 2.35. The van der Waals surface area contributed by atoms with E-state index in [9.17, 15) is 30.7 Å². The van der Waals surface area contributed by atoms with Gasteiger partial charge in [-0.1, -0.05) is 29.8 Å². The van der Waals surface area contributed by atoms with E-state index in [1.54, 1.807) is 24.3 Å². The van der Waals surface area contributed by atoms with Crippen molar-refractivity contribution in [2.75, 3.05) is 0 Å². The molecule has 0 amide bonds. The highest BCUT2D eigenvalue weighted by molar-refractivity contribution is 5.64. The van der Waals surface area contributed by atoms with Gasteiger partial charge < -0.3 is 4.74 Å². The van der Waals surface area contributed by atoms with Gasteiger partial charge in [-0.05, 0) is 30.2 Å². The molecule has 1 nitrogen and oxygen atoms in total. The minimum atomic E-state index is -4.22. The van der Waals surface area contributed by atoms with Crippen LogP contribution < -0.4 is 4.74 Å².